The van der Waals surface area contributed by atoms with Crippen LogP contribution in [0.25, 0.3) is 0 Å². The van der Waals surface area contributed by atoms with Gasteiger partial charge in [-0.1, -0.05) is 6.92 Å². The number of hydrogen-bond donors (Lipinski definition) is 1. The highest BCUT2D eigenvalue weighted by Crippen LogP contribution is 2.59. The summed E-state index contributed by atoms with van der Waals surface area (Å²) in [7, 11) is 0. The lowest BCUT2D eigenvalue weighted by molar-refractivity contribution is -0.144. The number of aliphatic carboxylic acids is 1. The molecule has 0 aromatic rings. The smallest absolute Gasteiger partial charge is 0.306 e. The fourth-order valence-corrected chi connectivity index (χ4v) is 4.00. The van der Waals surface area contributed by atoms with Crippen LogP contribution in [0.3, 0.4) is 0 Å². The molecule has 2 rings (SSSR count). The molecule has 0 bridgehead atoms. The molecule has 2 atom stereocenters. The predicted molar refractivity (Wildman–Crippen MR) is 53.9 cm³/mol. The Labute approximate surface area is 83.1 Å². The van der Waals surface area contributed by atoms with Crippen molar-refractivity contribution < 1.29 is 9.90 Å². The monoisotopic (exact) mass is 200 g/mol. The molecule has 0 amide bonds. The van der Waals surface area contributed by atoms with E-state index < -0.39 is 5.97 Å². The largest absolute Gasteiger partial charge is 0.481 e. The molecule has 3 heteroatoms. The first kappa shape index (κ1) is 9.38. The minimum absolute atomic E-state index is 0.136. The summed E-state index contributed by atoms with van der Waals surface area (Å²) in [5.74, 6) is 2.07. The fraction of sp³-hybridized carbons (Fsp3) is 0.900. The van der Waals surface area contributed by atoms with E-state index in [1.165, 1.54) is 18.6 Å². The van der Waals surface area contributed by atoms with E-state index in [1.54, 1.807) is 0 Å². The van der Waals surface area contributed by atoms with Crippen molar-refractivity contribution in [2.75, 3.05) is 11.5 Å². The predicted octanol–water partition coefficient (Wildman–Crippen LogP) is 2.24. The summed E-state index contributed by atoms with van der Waals surface area (Å²) in [6.45, 7) is 1.88. The minimum atomic E-state index is -0.608. The van der Waals surface area contributed by atoms with Crippen LogP contribution in [0.5, 0.6) is 0 Å². The van der Waals surface area contributed by atoms with Crippen molar-refractivity contribution in [2.45, 2.75) is 26.2 Å². The average molecular weight is 200 g/mol. The normalized spacial score (nSPS) is 32.8. The fourth-order valence-electron chi connectivity index (χ4n) is 2.53. The summed E-state index contributed by atoms with van der Waals surface area (Å²) in [4.78, 5) is 10.9. The molecule has 2 aliphatic rings. The summed E-state index contributed by atoms with van der Waals surface area (Å²) in [6.07, 6.45) is 3.64. The Hall–Kier alpha value is -0.180. The molecule has 2 unspecified atom stereocenters. The lowest BCUT2D eigenvalue weighted by atomic mass is 9.78. The molecule has 1 aliphatic carbocycles. The Balaban J connectivity index is 2.07. The van der Waals surface area contributed by atoms with Crippen LogP contribution in [0, 0.1) is 17.3 Å². The molecule has 1 spiro atoms. The maximum atomic E-state index is 10.9. The Morgan fingerprint density at radius 2 is 2.31 bits per heavy atom. The van der Waals surface area contributed by atoms with Gasteiger partial charge in [-0.3, -0.25) is 4.79 Å². The molecule has 13 heavy (non-hydrogen) atoms. The number of carboxylic acid groups (broad SMARTS) is 1. The number of rotatable bonds is 2. The van der Waals surface area contributed by atoms with Gasteiger partial charge in [0.25, 0.3) is 0 Å². The molecule has 74 valence electrons. The van der Waals surface area contributed by atoms with Crippen molar-refractivity contribution in [1.82, 2.24) is 0 Å². The molecule has 1 aliphatic heterocycles. The van der Waals surface area contributed by atoms with Crippen LogP contribution in [-0.2, 0) is 4.79 Å². The quantitative estimate of drug-likeness (QED) is 0.742. The van der Waals surface area contributed by atoms with Gasteiger partial charge in [0, 0.05) is 0 Å². The van der Waals surface area contributed by atoms with E-state index in [2.05, 4.69) is 0 Å². The first-order valence-electron chi connectivity index (χ1n) is 4.96. The van der Waals surface area contributed by atoms with Crippen molar-refractivity contribution in [3.05, 3.63) is 0 Å². The van der Waals surface area contributed by atoms with Gasteiger partial charge in [-0.05, 0) is 42.1 Å². The molecule has 0 aromatic heterocycles. The van der Waals surface area contributed by atoms with Crippen molar-refractivity contribution >= 4 is 17.7 Å². The number of carboxylic acids is 1. The topological polar surface area (TPSA) is 37.3 Å². The Kier molecular flexibility index (Phi) is 2.30. The summed E-state index contributed by atoms with van der Waals surface area (Å²) >= 11 is 2.00. The van der Waals surface area contributed by atoms with Gasteiger partial charge in [-0.15, -0.1) is 0 Å². The summed E-state index contributed by atoms with van der Waals surface area (Å²) in [5.41, 5.74) is 0.431. The first-order chi connectivity index (χ1) is 6.16. The Morgan fingerprint density at radius 1 is 1.62 bits per heavy atom. The second-order valence-corrected chi connectivity index (χ2v) is 5.54. The van der Waals surface area contributed by atoms with Crippen LogP contribution in [0.1, 0.15) is 26.2 Å². The van der Waals surface area contributed by atoms with Gasteiger partial charge in [0.2, 0.25) is 0 Å². The maximum Gasteiger partial charge on any atom is 0.306 e. The molecular formula is C10H16O2S. The minimum Gasteiger partial charge on any atom is -0.481 e. The highest BCUT2D eigenvalue weighted by molar-refractivity contribution is 7.99. The van der Waals surface area contributed by atoms with Crippen LogP contribution in [-0.4, -0.2) is 22.6 Å². The summed E-state index contributed by atoms with van der Waals surface area (Å²) < 4.78 is 0. The molecule has 0 aromatic carbocycles. The Morgan fingerprint density at radius 3 is 2.85 bits per heavy atom. The van der Waals surface area contributed by atoms with Crippen LogP contribution in [0.15, 0.2) is 0 Å². The third-order valence-corrected chi connectivity index (χ3v) is 4.94. The zero-order valence-electron chi connectivity index (χ0n) is 7.95. The van der Waals surface area contributed by atoms with Crippen LogP contribution >= 0.6 is 11.8 Å². The van der Waals surface area contributed by atoms with Crippen molar-refractivity contribution in [3.63, 3.8) is 0 Å². The van der Waals surface area contributed by atoms with Gasteiger partial charge in [0.1, 0.15) is 0 Å². The highest BCUT2D eigenvalue weighted by Gasteiger charge is 2.53. The van der Waals surface area contributed by atoms with E-state index in [9.17, 15) is 4.79 Å². The van der Waals surface area contributed by atoms with Crippen molar-refractivity contribution in [3.8, 4) is 0 Å². The zero-order valence-corrected chi connectivity index (χ0v) is 8.77. The zero-order chi connectivity index (χ0) is 9.47. The molecule has 1 saturated carbocycles. The van der Waals surface area contributed by atoms with Crippen LogP contribution < -0.4 is 0 Å². The summed E-state index contributed by atoms with van der Waals surface area (Å²) in [6, 6.07) is 0. The van der Waals surface area contributed by atoms with Gasteiger partial charge >= 0.3 is 5.97 Å². The van der Waals surface area contributed by atoms with Crippen molar-refractivity contribution in [1.29, 1.82) is 0 Å². The van der Waals surface area contributed by atoms with E-state index in [0.717, 1.165) is 12.2 Å². The van der Waals surface area contributed by atoms with Crippen LogP contribution in [0.4, 0.5) is 0 Å². The molecule has 1 saturated heterocycles. The van der Waals surface area contributed by atoms with Gasteiger partial charge in [-0.2, -0.15) is 11.8 Å². The highest BCUT2D eigenvalue weighted by atomic mass is 32.2. The second-order valence-electron chi connectivity index (χ2n) is 4.44. The van der Waals surface area contributed by atoms with Gasteiger partial charge < -0.3 is 5.11 Å². The maximum absolute atomic E-state index is 10.9. The van der Waals surface area contributed by atoms with Crippen LogP contribution in [0.2, 0.25) is 0 Å². The average Bonchev–Trinajstić information content (AvgIpc) is 2.85. The van der Waals surface area contributed by atoms with E-state index in [1.807, 2.05) is 18.7 Å². The standard InChI is InChI=1S/C10H16O2S/c1-7(9(11)12)8-2-5-13-6-10(8)3-4-10/h7-8H,2-6H2,1H3,(H,11,12). The third kappa shape index (κ3) is 1.58. The van der Waals surface area contributed by atoms with Gasteiger partial charge in [0.15, 0.2) is 0 Å². The SMILES string of the molecule is CC(C(=O)O)C1CCSCC12CC2. The third-order valence-electron chi connectivity index (χ3n) is 3.63. The molecule has 2 fully saturated rings. The van der Waals surface area contributed by atoms with E-state index in [0.29, 0.717) is 11.3 Å². The first-order valence-corrected chi connectivity index (χ1v) is 6.12. The molecule has 1 heterocycles. The number of thioether (sulfide) groups is 1. The molecular weight excluding hydrogens is 184 g/mol. The molecule has 1 N–H and O–H groups in total. The van der Waals surface area contributed by atoms with E-state index in [4.69, 9.17) is 5.11 Å². The molecule has 2 nitrogen and oxygen atoms in total. The number of carbonyl (C=O) groups is 1. The molecule has 0 radical (unpaired) electrons. The lowest BCUT2D eigenvalue weighted by Crippen LogP contribution is -2.33. The van der Waals surface area contributed by atoms with Crippen molar-refractivity contribution in [2.24, 2.45) is 17.3 Å². The Bertz CT molecular complexity index is 223. The van der Waals surface area contributed by atoms with Gasteiger partial charge in [-0.25, -0.2) is 0 Å². The van der Waals surface area contributed by atoms with E-state index in [-0.39, 0.29) is 5.92 Å². The second kappa shape index (κ2) is 3.19. The summed E-state index contributed by atoms with van der Waals surface area (Å²) in [5, 5.41) is 8.99. The van der Waals surface area contributed by atoms with E-state index >= 15 is 0 Å². The lowest BCUT2D eigenvalue weighted by Gasteiger charge is -2.33. The number of hydrogen-bond acceptors (Lipinski definition) is 2. The van der Waals surface area contributed by atoms with Gasteiger partial charge in [0.05, 0.1) is 5.92 Å².